The summed E-state index contributed by atoms with van der Waals surface area (Å²) >= 11 is 0. The lowest BCUT2D eigenvalue weighted by Crippen LogP contribution is -2.64. The summed E-state index contributed by atoms with van der Waals surface area (Å²) in [5, 5.41) is 32.0. The molecule has 6 nitrogen and oxygen atoms in total. The van der Waals surface area contributed by atoms with Gasteiger partial charge in [-0.25, -0.2) is 0 Å². The third kappa shape index (κ3) is 6.88. The first-order valence-electron chi connectivity index (χ1n) is 18.0. The van der Waals surface area contributed by atoms with Crippen LogP contribution in [-0.2, 0) is 20.8 Å². The Kier molecular flexibility index (Phi) is 10.8. The van der Waals surface area contributed by atoms with Crippen LogP contribution in [0, 0.1) is 44.9 Å². The summed E-state index contributed by atoms with van der Waals surface area (Å²) in [5.41, 5.74) is 2.43. The largest absolute Gasteiger partial charge is 0.378 e. The van der Waals surface area contributed by atoms with Gasteiger partial charge in [0.2, 0.25) is 11.8 Å². The molecule has 2 atom stereocenters. The number of aliphatic hydroxyl groups is 2. The maximum absolute atomic E-state index is 14.6. The van der Waals surface area contributed by atoms with Crippen molar-refractivity contribution in [1.29, 1.82) is 0 Å². The Labute approximate surface area is 298 Å². The maximum atomic E-state index is 14.6. The number of benzene rings is 4. The molecule has 6 heteroatoms. The van der Waals surface area contributed by atoms with Crippen molar-refractivity contribution in [3.8, 4) is 0 Å². The molecule has 0 saturated heterocycles. The first kappa shape index (κ1) is 37.0. The highest BCUT2D eigenvalue weighted by molar-refractivity contribution is 6.06. The number of rotatable bonds is 12. The van der Waals surface area contributed by atoms with E-state index in [0.717, 1.165) is 28.7 Å². The van der Waals surface area contributed by atoms with Gasteiger partial charge in [-0.1, -0.05) is 153 Å². The minimum Gasteiger partial charge on any atom is -0.378 e. The first-order chi connectivity index (χ1) is 23.6. The molecule has 0 radical (unpaired) electrons. The van der Waals surface area contributed by atoms with E-state index in [2.05, 4.69) is 10.6 Å². The first-order valence-corrected chi connectivity index (χ1v) is 18.0. The van der Waals surface area contributed by atoms with E-state index in [1.54, 1.807) is 0 Å². The Bertz CT molecular complexity index is 1550. The van der Waals surface area contributed by atoms with Gasteiger partial charge in [0.25, 0.3) is 0 Å². The van der Waals surface area contributed by atoms with Crippen molar-refractivity contribution < 1.29 is 19.8 Å². The SMILES string of the molecule is Cc1ccc(C(O)(c2ccc(C)cc2)[C@H](NC(=O)C2(C(=O)N[C@H](C(C)C)C(O)(c3ccc(C)cc3)c3ccc(C)cc3)CCC2)C(C)C)cc1. The van der Waals surface area contributed by atoms with Gasteiger partial charge >= 0.3 is 0 Å². The van der Waals surface area contributed by atoms with Crippen molar-refractivity contribution in [2.75, 3.05) is 0 Å². The van der Waals surface area contributed by atoms with Crippen LogP contribution >= 0.6 is 0 Å². The van der Waals surface area contributed by atoms with Gasteiger partial charge in [0.1, 0.15) is 16.6 Å². The molecular weight excluding hydrogens is 620 g/mol. The highest BCUT2D eigenvalue weighted by atomic mass is 16.3. The van der Waals surface area contributed by atoms with Crippen molar-refractivity contribution >= 4 is 11.8 Å². The molecule has 0 spiro atoms. The lowest BCUT2D eigenvalue weighted by atomic mass is 9.66. The number of hydrogen-bond acceptors (Lipinski definition) is 4. The van der Waals surface area contributed by atoms with Crippen LogP contribution in [0.15, 0.2) is 97.1 Å². The fourth-order valence-electron chi connectivity index (χ4n) is 7.44. The number of carbonyl (C=O) groups is 2. The van der Waals surface area contributed by atoms with Crippen molar-refractivity contribution in [2.24, 2.45) is 17.3 Å². The summed E-state index contributed by atoms with van der Waals surface area (Å²) in [6, 6.07) is 29.5. The summed E-state index contributed by atoms with van der Waals surface area (Å²) in [6.45, 7) is 15.9. The van der Waals surface area contributed by atoms with Crippen molar-refractivity contribution in [3.63, 3.8) is 0 Å². The third-order valence-corrected chi connectivity index (χ3v) is 10.8. The second-order valence-corrected chi connectivity index (χ2v) is 15.3. The number of amides is 2. The molecule has 2 amide bonds. The van der Waals surface area contributed by atoms with Gasteiger partial charge in [-0.3, -0.25) is 9.59 Å². The second-order valence-electron chi connectivity index (χ2n) is 15.3. The van der Waals surface area contributed by atoms with E-state index in [4.69, 9.17) is 0 Å². The predicted molar refractivity (Wildman–Crippen MR) is 201 cm³/mol. The van der Waals surface area contributed by atoms with Crippen molar-refractivity contribution in [3.05, 3.63) is 142 Å². The molecule has 0 aromatic heterocycles. The highest BCUT2D eigenvalue weighted by Crippen LogP contribution is 2.45. The van der Waals surface area contributed by atoms with Crippen LogP contribution < -0.4 is 10.6 Å². The van der Waals surface area contributed by atoms with Gasteiger partial charge in [0.15, 0.2) is 0 Å². The molecular formula is C44H54N2O4. The molecule has 0 unspecified atom stereocenters. The van der Waals surface area contributed by atoms with E-state index in [1.807, 2.05) is 152 Å². The molecule has 4 aromatic carbocycles. The van der Waals surface area contributed by atoms with Crippen molar-refractivity contribution in [1.82, 2.24) is 10.6 Å². The molecule has 0 aliphatic heterocycles. The summed E-state index contributed by atoms with van der Waals surface area (Å²) < 4.78 is 0. The predicted octanol–water partition coefficient (Wildman–Crippen LogP) is 7.54. The monoisotopic (exact) mass is 674 g/mol. The molecule has 50 heavy (non-hydrogen) atoms. The standard InChI is InChI=1S/C44H54N2O4/c1-28(2)38(43(49,34-18-10-30(5)11-19-34)35-20-12-31(6)13-21-35)45-40(47)42(26-9-27-42)41(48)46-39(29(3)4)44(50,36-22-14-32(7)15-23-36)37-24-16-33(8)17-25-37/h10-25,28-29,38-39,49-50H,9,26-27H2,1-8H3,(H,45,47)(H,46,48)/t38-,39-/m1/s1. The lowest BCUT2D eigenvalue weighted by Gasteiger charge is -2.46. The topological polar surface area (TPSA) is 98.7 Å². The van der Waals surface area contributed by atoms with Gasteiger partial charge < -0.3 is 20.8 Å². The van der Waals surface area contributed by atoms with E-state index in [9.17, 15) is 19.8 Å². The van der Waals surface area contributed by atoms with Crippen LogP contribution in [0.2, 0.25) is 0 Å². The second kappa shape index (κ2) is 14.5. The fourth-order valence-corrected chi connectivity index (χ4v) is 7.44. The molecule has 4 aromatic rings. The lowest BCUT2D eigenvalue weighted by molar-refractivity contribution is -0.153. The van der Waals surface area contributed by atoms with E-state index >= 15 is 0 Å². The third-order valence-electron chi connectivity index (χ3n) is 10.8. The van der Waals surface area contributed by atoms with Crippen LogP contribution in [0.25, 0.3) is 0 Å². The summed E-state index contributed by atoms with van der Waals surface area (Å²) in [5.74, 6) is -1.20. The number of aryl methyl sites for hydroxylation is 4. The summed E-state index contributed by atoms with van der Waals surface area (Å²) in [4.78, 5) is 29.2. The Morgan fingerprint density at radius 1 is 0.520 bits per heavy atom. The molecule has 5 rings (SSSR count). The van der Waals surface area contributed by atoms with Gasteiger partial charge in [-0.2, -0.15) is 0 Å². The van der Waals surface area contributed by atoms with Crippen LogP contribution in [-0.4, -0.2) is 34.1 Å². The highest BCUT2D eigenvalue weighted by Gasteiger charge is 2.55. The average Bonchev–Trinajstić information content (AvgIpc) is 3.06. The number of nitrogens with one attached hydrogen (secondary N) is 2. The zero-order valence-corrected chi connectivity index (χ0v) is 30.9. The molecule has 1 fully saturated rings. The molecule has 264 valence electrons. The number of hydrogen-bond donors (Lipinski definition) is 4. The van der Waals surface area contributed by atoms with Crippen LogP contribution in [0.3, 0.4) is 0 Å². The van der Waals surface area contributed by atoms with Crippen molar-refractivity contribution in [2.45, 2.75) is 97.9 Å². The van der Waals surface area contributed by atoms with Gasteiger partial charge in [-0.15, -0.1) is 0 Å². The Morgan fingerprint density at radius 2 is 0.760 bits per heavy atom. The maximum Gasteiger partial charge on any atom is 0.236 e. The smallest absolute Gasteiger partial charge is 0.236 e. The molecule has 1 saturated carbocycles. The van der Waals surface area contributed by atoms with Gasteiger partial charge in [0, 0.05) is 0 Å². The molecule has 0 bridgehead atoms. The molecule has 1 aliphatic rings. The number of carbonyl (C=O) groups excluding carboxylic acids is 2. The van der Waals surface area contributed by atoms with E-state index in [-0.39, 0.29) is 11.8 Å². The molecule has 4 N–H and O–H groups in total. The molecule has 1 aliphatic carbocycles. The Balaban J connectivity index is 1.52. The zero-order valence-electron chi connectivity index (χ0n) is 30.9. The van der Waals surface area contributed by atoms with E-state index in [1.165, 1.54) is 0 Å². The minimum absolute atomic E-state index is 0.191. The van der Waals surface area contributed by atoms with Crippen LogP contribution in [0.1, 0.15) is 91.5 Å². The van der Waals surface area contributed by atoms with Crippen LogP contribution in [0.5, 0.6) is 0 Å². The zero-order chi connectivity index (χ0) is 36.4. The van der Waals surface area contributed by atoms with E-state index in [0.29, 0.717) is 35.1 Å². The summed E-state index contributed by atoms with van der Waals surface area (Å²) in [6.07, 6.45) is 1.47. The van der Waals surface area contributed by atoms with Gasteiger partial charge in [0.05, 0.1) is 12.1 Å². The minimum atomic E-state index is -1.57. The quantitative estimate of drug-likeness (QED) is 0.117. The van der Waals surface area contributed by atoms with Gasteiger partial charge in [-0.05, 0) is 74.6 Å². The Hall–Kier alpha value is -4.26. The average molecular weight is 675 g/mol. The van der Waals surface area contributed by atoms with Crippen LogP contribution in [0.4, 0.5) is 0 Å². The normalized spacial score (nSPS) is 15.7. The fraction of sp³-hybridized carbons (Fsp3) is 0.409. The van der Waals surface area contributed by atoms with E-state index < -0.39 is 40.5 Å². The Morgan fingerprint density at radius 3 is 0.940 bits per heavy atom. The molecule has 0 heterocycles. The summed E-state index contributed by atoms with van der Waals surface area (Å²) in [7, 11) is 0.